The zero-order valence-corrected chi connectivity index (χ0v) is 18.6. The van der Waals surface area contributed by atoms with E-state index in [2.05, 4.69) is 11.0 Å². The fourth-order valence-electron chi connectivity index (χ4n) is 3.20. The minimum absolute atomic E-state index is 0.443. The summed E-state index contributed by atoms with van der Waals surface area (Å²) < 4.78 is 0. The Morgan fingerprint density at radius 3 is 1.48 bits per heavy atom. The van der Waals surface area contributed by atoms with Crippen molar-refractivity contribution in [2.75, 3.05) is 4.90 Å². The van der Waals surface area contributed by atoms with Crippen molar-refractivity contribution in [3.05, 3.63) is 89.5 Å². The molecule has 2 nitrogen and oxygen atoms in total. The van der Waals surface area contributed by atoms with Gasteiger partial charge < -0.3 is 4.90 Å². The molecule has 0 radical (unpaired) electrons. The van der Waals surface area contributed by atoms with E-state index in [0.717, 1.165) is 28.2 Å². The molecule has 0 unspecified atom stereocenters. The van der Waals surface area contributed by atoms with Crippen LogP contribution in [0.5, 0.6) is 0 Å². The number of nitriles is 1. The van der Waals surface area contributed by atoms with Crippen LogP contribution in [0.3, 0.4) is 0 Å². The summed E-state index contributed by atoms with van der Waals surface area (Å²) in [6, 6.07) is 26.2. The normalized spacial score (nSPS) is 11.8. The summed E-state index contributed by atoms with van der Waals surface area (Å²) in [4.78, 5) is 1.19. The van der Waals surface area contributed by atoms with Crippen molar-refractivity contribution in [3.8, 4) is 6.07 Å². The molecular formula is C25H24Cl2N2. The van der Waals surface area contributed by atoms with E-state index in [9.17, 15) is 5.26 Å². The van der Waals surface area contributed by atoms with E-state index in [1.54, 1.807) is 0 Å². The van der Waals surface area contributed by atoms with Gasteiger partial charge in [-0.1, -0.05) is 36.4 Å². The van der Waals surface area contributed by atoms with Crippen molar-refractivity contribution in [1.82, 2.24) is 0 Å². The van der Waals surface area contributed by atoms with Gasteiger partial charge in [0.25, 0.3) is 0 Å². The highest BCUT2D eigenvalue weighted by Gasteiger charge is 2.21. The number of para-hydroxylation sites is 1. The lowest BCUT2D eigenvalue weighted by molar-refractivity contribution is 0.766. The van der Waals surface area contributed by atoms with E-state index in [4.69, 9.17) is 23.2 Å². The second kappa shape index (κ2) is 8.11. The van der Waals surface area contributed by atoms with E-state index in [-0.39, 0.29) is 0 Å². The van der Waals surface area contributed by atoms with Crippen molar-refractivity contribution in [2.45, 2.75) is 37.4 Å². The van der Waals surface area contributed by atoms with Crippen molar-refractivity contribution in [3.63, 3.8) is 0 Å². The van der Waals surface area contributed by atoms with Crippen LogP contribution in [0.1, 0.15) is 44.4 Å². The Labute approximate surface area is 183 Å². The molecule has 3 aromatic rings. The molecule has 0 aliphatic carbocycles. The molecule has 0 aliphatic rings. The average Bonchev–Trinajstić information content (AvgIpc) is 2.68. The quantitative estimate of drug-likeness (QED) is 0.389. The number of alkyl halides is 2. The first-order chi connectivity index (χ1) is 13.6. The molecule has 148 valence electrons. The zero-order chi connectivity index (χ0) is 21.2. The molecule has 0 bridgehead atoms. The second-order valence-electron chi connectivity index (χ2n) is 8.00. The topological polar surface area (TPSA) is 27.0 Å². The minimum atomic E-state index is -0.443. The molecule has 3 rings (SSSR count). The number of hydrogen-bond acceptors (Lipinski definition) is 2. The molecule has 0 atom stereocenters. The predicted molar refractivity (Wildman–Crippen MR) is 124 cm³/mol. The van der Waals surface area contributed by atoms with Gasteiger partial charge in [-0.2, -0.15) is 5.26 Å². The molecular weight excluding hydrogens is 399 g/mol. The molecule has 0 saturated carbocycles. The smallest absolute Gasteiger partial charge is 0.101 e. The van der Waals surface area contributed by atoms with Crippen LogP contribution in [0, 0.1) is 11.3 Å². The molecule has 0 fully saturated rings. The molecule has 3 aromatic carbocycles. The molecule has 4 heteroatoms. The number of benzene rings is 3. The standard InChI is InChI=1S/C25H24Cl2N2/c1-24(2,26)19-9-13-21(14-10-19)29(23-8-6-5-7-18(23)17-28)22-15-11-20(12-16-22)25(3,4)27/h5-16H,1-4H3. The van der Waals surface area contributed by atoms with Crippen LogP contribution in [0.2, 0.25) is 0 Å². The molecule has 29 heavy (non-hydrogen) atoms. The first-order valence-electron chi connectivity index (χ1n) is 9.49. The summed E-state index contributed by atoms with van der Waals surface area (Å²) in [5.74, 6) is 0. The molecule has 0 spiro atoms. The molecule has 0 aromatic heterocycles. The molecule has 0 aliphatic heterocycles. The maximum absolute atomic E-state index is 9.65. The Balaban J connectivity index is 2.14. The average molecular weight is 423 g/mol. The van der Waals surface area contributed by atoms with Gasteiger partial charge in [0.05, 0.1) is 21.0 Å². The van der Waals surface area contributed by atoms with E-state index in [1.807, 2.05) is 100 Å². The molecule has 0 saturated heterocycles. The van der Waals surface area contributed by atoms with Gasteiger partial charge in [-0.05, 0) is 75.2 Å². The number of nitrogens with zero attached hydrogens (tertiary/aromatic N) is 2. The van der Waals surface area contributed by atoms with Crippen LogP contribution in [0.15, 0.2) is 72.8 Å². The molecule has 0 N–H and O–H groups in total. The Hall–Kier alpha value is -2.47. The summed E-state index contributed by atoms with van der Waals surface area (Å²) in [6.07, 6.45) is 0. The minimum Gasteiger partial charge on any atom is -0.309 e. The fraction of sp³-hybridized carbons (Fsp3) is 0.240. The SMILES string of the molecule is CC(C)(Cl)c1ccc(N(c2ccc(C(C)(C)Cl)cc2)c2ccccc2C#N)cc1. The third-order valence-electron chi connectivity index (χ3n) is 4.89. The van der Waals surface area contributed by atoms with Crippen molar-refractivity contribution < 1.29 is 0 Å². The highest BCUT2D eigenvalue weighted by molar-refractivity contribution is 6.23. The van der Waals surface area contributed by atoms with Crippen LogP contribution in [-0.4, -0.2) is 0 Å². The van der Waals surface area contributed by atoms with Crippen LogP contribution in [-0.2, 0) is 9.75 Å². The lowest BCUT2D eigenvalue weighted by atomic mass is 10.0. The largest absolute Gasteiger partial charge is 0.309 e. The van der Waals surface area contributed by atoms with Crippen molar-refractivity contribution >= 4 is 40.3 Å². The van der Waals surface area contributed by atoms with Crippen LogP contribution < -0.4 is 4.90 Å². The van der Waals surface area contributed by atoms with E-state index < -0.39 is 9.75 Å². The first kappa shape index (κ1) is 21.2. The van der Waals surface area contributed by atoms with Gasteiger partial charge in [0, 0.05) is 11.4 Å². The summed E-state index contributed by atoms with van der Waals surface area (Å²) in [7, 11) is 0. The number of anilines is 3. The maximum atomic E-state index is 9.65. The number of halogens is 2. The summed E-state index contributed by atoms with van der Waals surface area (Å²) in [6.45, 7) is 7.88. The van der Waals surface area contributed by atoms with Crippen LogP contribution >= 0.6 is 23.2 Å². The van der Waals surface area contributed by atoms with Gasteiger partial charge in [0.15, 0.2) is 0 Å². The molecule has 0 heterocycles. The highest BCUT2D eigenvalue weighted by atomic mass is 35.5. The Bertz CT molecular complexity index is 961. The summed E-state index contributed by atoms with van der Waals surface area (Å²) in [5.41, 5.74) is 5.42. The Kier molecular flexibility index (Phi) is 5.94. The van der Waals surface area contributed by atoms with Gasteiger partial charge in [-0.3, -0.25) is 0 Å². The van der Waals surface area contributed by atoms with E-state index >= 15 is 0 Å². The number of rotatable bonds is 5. The van der Waals surface area contributed by atoms with E-state index in [0.29, 0.717) is 5.56 Å². The summed E-state index contributed by atoms with van der Waals surface area (Å²) >= 11 is 12.9. The zero-order valence-electron chi connectivity index (χ0n) is 17.1. The van der Waals surface area contributed by atoms with Crippen molar-refractivity contribution in [2.24, 2.45) is 0 Å². The van der Waals surface area contributed by atoms with Gasteiger partial charge in [-0.15, -0.1) is 23.2 Å². The van der Waals surface area contributed by atoms with Crippen LogP contribution in [0.25, 0.3) is 0 Å². The Morgan fingerprint density at radius 2 is 1.10 bits per heavy atom. The fourth-order valence-corrected chi connectivity index (χ4v) is 3.46. The third-order valence-corrected chi connectivity index (χ3v) is 5.33. The van der Waals surface area contributed by atoms with Gasteiger partial charge in [0.1, 0.15) is 6.07 Å². The third kappa shape index (κ3) is 4.75. The monoisotopic (exact) mass is 422 g/mol. The molecule has 0 amide bonds. The van der Waals surface area contributed by atoms with Gasteiger partial charge >= 0.3 is 0 Å². The number of hydrogen-bond donors (Lipinski definition) is 0. The van der Waals surface area contributed by atoms with Crippen molar-refractivity contribution in [1.29, 1.82) is 5.26 Å². The highest BCUT2D eigenvalue weighted by Crippen LogP contribution is 2.39. The van der Waals surface area contributed by atoms with E-state index in [1.165, 1.54) is 0 Å². The first-order valence-corrected chi connectivity index (χ1v) is 10.2. The predicted octanol–water partition coefficient (Wildman–Crippen LogP) is 7.98. The maximum Gasteiger partial charge on any atom is 0.101 e. The second-order valence-corrected chi connectivity index (χ2v) is 9.89. The summed E-state index contributed by atoms with van der Waals surface area (Å²) in [5, 5.41) is 9.65. The van der Waals surface area contributed by atoms with Gasteiger partial charge in [-0.25, -0.2) is 0 Å². The van der Waals surface area contributed by atoms with Gasteiger partial charge in [0.2, 0.25) is 0 Å². The lowest BCUT2D eigenvalue weighted by Gasteiger charge is -2.28. The lowest BCUT2D eigenvalue weighted by Crippen LogP contribution is -2.13. The van der Waals surface area contributed by atoms with Crippen LogP contribution in [0.4, 0.5) is 17.1 Å². The Morgan fingerprint density at radius 1 is 0.690 bits per heavy atom.